The smallest absolute Gasteiger partial charge is 0.331 e. The highest BCUT2D eigenvalue weighted by molar-refractivity contribution is 5.83. The van der Waals surface area contributed by atoms with E-state index in [1.165, 1.54) is 12.8 Å². The first-order chi connectivity index (χ1) is 8.60. The number of cyclic esters (lactones) is 1. The van der Waals surface area contributed by atoms with Crippen LogP contribution in [0.5, 0.6) is 0 Å². The van der Waals surface area contributed by atoms with Crippen molar-refractivity contribution >= 4 is 5.97 Å². The lowest BCUT2D eigenvalue weighted by Crippen LogP contribution is -2.53. The number of nitrogens with one attached hydrogen (secondary N) is 1. The van der Waals surface area contributed by atoms with Crippen LogP contribution in [0.4, 0.5) is 0 Å². The van der Waals surface area contributed by atoms with Gasteiger partial charge in [0.05, 0.1) is 0 Å². The van der Waals surface area contributed by atoms with Gasteiger partial charge in [-0.2, -0.15) is 0 Å². The molecular formula is C15H25NO2. The van der Waals surface area contributed by atoms with E-state index in [0.717, 1.165) is 44.2 Å². The third-order valence-electron chi connectivity index (χ3n) is 4.24. The molecule has 0 aromatic rings. The van der Waals surface area contributed by atoms with E-state index in [0.29, 0.717) is 6.04 Å². The van der Waals surface area contributed by atoms with Gasteiger partial charge in [-0.15, -0.1) is 0 Å². The molecule has 0 radical (unpaired) electrons. The number of carbonyl (C=O) groups excluding carboxylic acids is 1. The van der Waals surface area contributed by atoms with Gasteiger partial charge in [0.2, 0.25) is 0 Å². The highest BCUT2D eigenvalue weighted by atomic mass is 16.6. The third kappa shape index (κ3) is 3.35. The number of hydrogen-bond acceptors (Lipinski definition) is 3. The molecule has 0 aliphatic carbocycles. The molecule has 1 saturated heterocycles. The molecule has 0 amide bonds. The molecule has 1 N–H and O–H groups in total. The molecule has 2 aliphatic heterocycles. The maximum absolute atomic E-state index is 11.9. The molecule has 0 spiro atoms. The van der Waals surface area contributed by atoms with Crippen LogP contribution < -0.4 is 5.32 Å². The zero-order chi connectivity index (χ0) is 13.0. The van der Waals surface area contributed by atoms with Crippen molar-refractivity contribution < 1.29 is 9.53 Å². The summed E-state index contributed by atoms with van der Waals surface area (Å²) in [5.41, 5.74) is 0.805. The molecule has 2 heterocycles. The van der Waals surface area contributed by atoms with Gasteiger partial charge in [0.15, 0.2) is 0 Å². The number of ether oxygens (including phenoxy) is 1. The summed E-state index contributed by atoms with van der Waals surface area (Å²) >= 11 is 0. The lowest BCUT2D eigenvalue weighted by atomic mass is 9.85. The molecule has 102 valence electrons. The molecule has 2 aliphatic rings. The van der Waals surface area contributed by atoms with E-state index in [4.69, 9.17) is 4.74 Å². The van der Waals surface area contributed by atoms with Crippen LogP contribution in [0, 0.1) is 0 Å². The van der Waals surface area contributed by atoms with Crippen LogP contribution in [0.2, 0.25) is 0 Å². The largest absolute Gasteiger partial charge is 0.455 e. The Morgan fingerprint density at radius 1 is 1.33 bits per heavy atom. The first kappa shape index (κ1) is 13.6. The van der Waals surface area contributed by atoms with Crippen molar-refractivity contribution in [1.29, 1.82) is 0 Å². The monoisotopic (exact) mass is 251 g/mol. The SMILES string of the molecule is C/C1=C\C(=O)OC(C)(C2CCCCN2)CCCC1. The topological polar surface area (TPSA) is 38.3 Å². The zero-order valence-corrected chi connectivity index (χ0v) is 11.6. The summed E-state index contributed by atoms with van der Waals surface area (Å²) in [5, 5.41) is 3.53. The lowest BCUT2D eigenvalue weighted by molar-refractivity contribution is -0.156. The lowest BCUT2D eigenvalue weighted by Gasteiger charge is -2.39. The predicted molar refractivity (Wildman–Crippen MR) is 72.4 cm³/mol. The second kappa shape index (κ2) is 5.87. The molecule has 18 heavy (non-hydrogen) atoms. The van der Waals surface area contributed by atoms with Gasteiger partial charge in [0.25, 0.3) is 0 Å². The number of rotatable bonds is 1. The second-order valence-corrected chi connectivity index (χ2v) is 5.93. The van der Waals surface area contributed by atoms with E-state index in [2.05, 4.69) is 12.2 Å². The molecule has 0 aromatic carbocycles. The van der Waals surface area contributed by atoms with Crippen molar-refractivity contribution in [2.45, 2.75) is 70.4 Å². The van der Waals surface area contributed by atoms with Crippen molar-refractivity contribution in [1.82, 2.24) is 5.32 Å². The van der Waals surface area contributed by atoms with Crippen LogP contribution in [0.1, 0.15) is 58.8 Å². The number of piperidine rings is 1. The maximum Gasteiger partial charge on any atom is 0.331 e. The highest BCUT2D eigenvalue weighted by Gasteiger charge is 2.38. The molecule has 1 fully saturated rings. The molecule has 2 rings (SSSR count). The Bertz CT molecular complexity index is 331. The van der Waals surface area contributed by atoms with Gasteiger partial charge in [-0.1, -0.05) is 12.0 Å². The Kier molecular flexibility index (Phi) is 4.44. The first-order valence-corrected chi connectivity index (χ1v) is 7.24. The quantitative estimate of drug-likeness (QED) is 0.728. The van der Waals surface area contributed by atoms with E-state index >= 15 is 0 Å². The van der Waals surface area contributed by atoms with Crippen molar-refractivity contribution in [2.75, 3.05) is 6.54 Å². The van der Waals surface area contributed by atoms with E-state index in [9.17, 15) is 4.79 Å². The summed E-state index contributed by atoms with van der Waals surface area (Å²) in [6.45, 7) is 5.16. The Morgan fingerprint density at radius 2 is 2.17 bits per heavy atom. The van der Waals surface area contributed by atoms with E-state index in [1.54, 1.807) is 6.08 Å². The molecule has 0 bridgehead atoms. The van der Waals surface area contributed by atoms with Crippen LogP contribution in [-0.2, 0) is 9.53 Å². The van der Waals surface area contributed by atoms with E-state index < -0.39 is 0 Å². The van der Waals surface area contributed by atoms with Crippen molar-refractivity contribution in [3.05, 3.63) is 11.6 Å². The van der Waals surface area contributed by atoms with Gasteiger partial charge in [-0.05, 0) is 58.9 Å². The number of allylic oxidation sites excluding steroid dienone is 1. The summed E-state index contributed by atoms with van der Waals surface area (Å²) in [4.78, 5) is 11.9. The molecule has 2 atom stereocenters. The average Bonchev–Trinajstić information content (AvgIpc) is 2.41. The minimum Gasteiger partial charge on any atom is -0.455 e. The standard InChI is InChI=1S/C15H25NO2/c1-12-7-3-5-9-15(2,18-14(17)11-12)13-8-4-6-10-16-13/h11,13,16H,3-10H2,1-2H3/b12-11+. The van der Waals surface area contributed by atoms with E-state index in [-0.39, 0.29) is 11.6 Å². The fraction of sp³-hybridized carbons (Fsp3) is 0.800. The molecule has 3 nitrogen and oxygen atoms in total. The molecule has 0 saturated carbocycles. The van der Waals surface area contributed by atoms with Crippen LogP contribution in [-0.4, -0.2) is 24.2 Å². The molecule has 2 unspecified atom stereocenters. The summed E-state index contributed by atoms with van der Waals surface area (Å²) in [5.74, 6) is -0.163. The zero-order valence-electron chi connectivity index (χ0n) is 11.6. The summed E-state index contributed by atoms with van der Waals surface area (Å²) in [7, 11) is 0. The average molecular weight is 251 g/mol. The summed E-state index contributed by atoms with van der Waals surface area (Å²) in [6.07, 6.45) is 9.54. The molecule has 0 aromatic heterocycles. The fourth-order valence-corrected chi connectivity index (χ4v) is 3.08. The van der Waals surface area contributed by atoms with Crippen molar-refractivity contribution in [2.24, 2.45) is 0 Å². The normalized spacial score (nSPS) is 37.8. The molecule has 3 heteroatoms. The van der Waals surface area contributed by atoms with Crippen LogP contribution in [0.3, 0.4) is 0 Å². The van der Waals surface area contributed by atoms with Gasteiger partial charge in [0.1, 0.15) is 5.60 Å². The highest BCUT2D eigenvalue weighted by Crippen LogP contribution is 2.30. The maximum atomic E-state index is 11.9. The third-order valence-corrected chi connectivity index (χ3v) is 4.24. The molecular weight excluding hydrogens is 226 g/mol. The Balaban J connectivity index is 2.10. The minimum absolute atomic E-state index is 0.163. The number of esters is 1. The summed E-state index contributed by atoms with van der Waals surface area (Å²) in [6, 6.07) is 0.321. The van der Waals surface area contributed by atoms with E-state index in [1.807, 2.05) is 6.92 Å². The Hall–Kier alpha value is -0.830. The van der Waals surface area contributed by atoms with Crippen LogP contribution >= 0.6 is 0 Å². The number of hydrogen-bond donors (Lipinski definition) is 1. The predicted octanol–water partition coefficient (Wildman–Crippen LogP) is 2.95. The van der Waals surface area contributed by atoms with Gasteiger partial charge in [-0.3, -0.25) is 0 Å². The first-order valence-electron chi connectivity index (χ1n) is 7.24. The number of carbonyl (C=O) groups is 1. The van der Waals surface area contributed by atoms with Gasteiger partial charge in [-0.25, -0.2) is 4.79 Å². The fourth-order valence-electron chi connectivity index (χ4n) is 3.08. The Labute approximate surface area is 110 Å². The van der Waals surface area contributed by atoms with Gasteiger partial charge >= 0.3 is 5.97 Å². The van der Waals surface area contributed by atoms with Gasteiger partial charge < -0.3 is 10.1 Å². The van der Waals surface area contributed by atoms with Crippen molar-refractivity contribution in [3.8, 4) is 0 Å². The summed E-state index contributed by atoms with van der Waals surface area (Å²) < 4.78 is 5.79. The van der Waals surface area contributed by atoms with Crippen LogP contribution in [0.15, 0.2) is 11.6 Å². The van der Waals surface area contributed by atoms with Crippen LogP contribution in [0.25, 0.3) is 0 Å². The van der Waals surface area contributed by atoms with Crippen molar-refractivity contribution in [3.63, 3.8) is 0 Å². The Morgan fingerprint density at radius 3 is 2.89 bits per heavy atom. The second-order valence-electron chi connectivity index (χ2n) is 5.93. The minimum atomic E-state index is -0.335. The van der Waals surface area contributed by atoms with Gasteiger partial charge in [0, 0.05) is 12.1 Å².